The van der Waals surface area contributed by atoms with E-state index in [9.17, 15) is 0 Å². The van der Waals surface area contributed by atoms with Crippen molar-refractivity contribution in [2.24, 2.45) is 0 Å². The van der Waals surface area contributed by atoms with Crippen molar-refractivity contribution >= 4 is 43.2 Å². The first-order chi connectivity index (χ1) is 4.63. The van der Waals surface area contributed by atoms with Gasteiger partial charge in [-0.2, -0.15) is 0 Å². The minimum Gasteiger partial charge on any atom is -0.397 e. The third-order valence-electron chi connectivity index (χ3n) is 1.17. The summed E-state index contributed by atoms with van der Waals surface area (Å²) in [6.07, 6.45) is 0. The Morgan fingerprint density at radius 1 is 1.10 bits per heavy atom. The molecule has 0 fully saturated rings. The smallest absolute Gasteiger partial charge is 0.0703 e. The van der Waals surface area contributed by atoms with Crippen LogP contribution >= 0.6 is 31.9 Å². The fourth-order valence-corrected chi connectivity index (χ4v) is 1.29. The molecule has 0 aromatic heterocycles. The van der Waals surface area contributed by atoms with Gasteiger partial charge in [0.15, 0.2) is 0 Å². The van der Waals surface area contributed by atoms with Crippen molar-refractivity contribution in [2.45, 2.75) is 0 Å². The minimum atomic E-state index is 0.578. The molecule has 0 radical (unpaired) electrons. The first kappa shape index (κ1) is 7.88. The zero-order valence-electron chi connectivity index (χ0n) is 5.07. The van der Waals surface area contributed by atoms with Gasteiger partial charge in [0, 0.05) is 4.47 Å². The minimum absolute atomic E-state index is 0.578. The number of halogens is 2. The lowest BCUT2D eigenvalue weighted by Gasteiger charge is -2.02. The standard InChI is InChI=1S/C6H6Br2N2/c7-3-1-2-4(9)6(10)5(3)8/h1-2H,9-10H2. The molecule has 4 heteroatoms. The van der Waals surface area contributed by atoms with Crippen LogP contribution in [0.5, 0.6) is 0 Å². The van der Waals surface area contributed by atoms with Crippen LogP contribution < -0.4 is 11.5 Å². The molecule has 0 aliphatic carbocycles. The molecule has 0 saturated carbocycles. The van der Waals surface area contributed by atoms with Crippen molar-refractivity contribution in [1.82, 2.24) is 0 Å². The van der Waals surface area contributed by atoms with Crippen molar-refractivity contribution in [3.8, 4) is 0 Å². The molecule has 0 heterocycles. The van der Waals surface area contributed by atoms with Crippen LogP contribution in [-0.4, -0.2) is 0 Å². The molecule has 0 atom stereocenters. The third kappa shape index (κ3) is 1.27. The van der Waals surface area contributed by atoms with Crippen LogP contribution in [0.4, 0.5) is 11.4 Å². The maximum atomic E-state index is 5.58. The molecule has 1 aromatic carbocycles. The summed E-state index contributed by atoms with van der Waals surface area (Å²) in [6, 6.07) is 3.60. The first-order valence-electron chi connectivity index (χ1n) is 2.62. The molecule has 1 aromatic rings. The maximum Gasteiger partial charge on any atom is 0.0703 e. The monoisotopic (exact) mass is 264 g/mol. The van der Waals surface area contributed by atoms with E-state index in [0.717, 1.165) is 8.95 Å². The second-order valence-corrected chi connectivity index (χ2v) is 3.51. The molecule has 0 amide bonds. The van der Waals surface area contributed by atoms with Gasteiger partial charge in [0.05, 0.1) is 15.8 Å². The van der Waals surface area contributed by atoms with E-state index >= 15 is 0 Å². The number of hydrogen-bond acceptors (Lipinski definition) is 2. The van der Waals surface area contributed by atoms with Gasteiger partial charge < -0.3 is 11.5 Å². The Labute approximate surface area is 75.8 Å². The largest absolute Gasteiger partial charge is 0.397 e. The molecule has 10 heavy (non-hydrogen) atoms. The van der Waals surface area contributed by atoms with Gasteiger partial charge in [-0.3, -0.25) is 0 Å². The number of hydrogen-bond donors (Lipinski definition) is 2. The molecule has 54 valence electrons. The van der Waals surface area contributed by atoms with Gasteiger partial charge in [0.1, 0.15) is 0 Å². The molecule has 4 N–H and O–H groups in total. The van der Waals surface area contributed by atoms with E-state index in [4.69, 9.17) is 11.5 Å². The Kier molecular flexibility index (Phi) is 2.21. The van der Waals surface area contributed by atoms with Crippen molar-refractivity contribution < 1.29 is 0 Å². The SMILES string of the molecule is Nc1ccc(Br)c(Br)c1N. The molecule has 0 saturated heterocycles. The van der Waals surface area contributed by atoms with Crippen LogP contribution in [0.1, 0.15) is 0 Å². The Morgan fingerprint density at radius 3 is 2.20 bits per heavy atom. The lowest BCUT2D eigenvalue weighted by atomic mass is 10.3. The molecule has 0 aliphatic rings. The number of nitrogen functional groups attached to an aromatic ring is 2. The lowest BCUT2D eigenvalue weighted by molar-refractivity contribution is 1.57. The molecular formula is C6H6Br2N2. The predicted octanol–water partition coefficient (Wildman–Crippen LogP) is 2.38. The lowest BCUT2D eigenvalue weighted by Crippen LogP contribution is -1.95. The summed E-state index contributed by atoms with van der Waals surface area (Å²) in [5.41, 5.74) is 12.3. The second kappa shape index (κ2) is 2.80. The van der Waals surface area contributed by atoms with Crippen LogP contribution in [-0.2, 0) is 0 Å². The number of benzene rings is 1. The van der Waals surface area contributed by atoms with E-state index in [1.54, 1.807) is 6.07 Å². The topological polar surface area (TPSA) is 52.0 Å². The van der Waals surface area contributed by atoms with E-state index in [2.05, 4.69) is 31.9 Å². The van der Waals surface area contributed by atoms with Gasteiger partial charge in [-0.25, -0.2) is 0 Å². The van der Waals surface area contributed by atoms with E-state index < -0.39 is 0 Å². The average molecular weight is 266 g/mol. The molecule has 0 unspecified atom stereocenters. The zero-order chi connectivity index (χ0) is 7.72. The summed E-state index contributed by atoms with van der Waals surface area (Å²) in [4.78, 5) is 0. The number of anilines is 2. The van der Waals surface area contributed by atoms with Crippen LogP contribution in [0.3, 0.4) is 0 Å². The first-order valence-corrected chi connectivity index (χ1v) is 4.20. The molecule has 0 bridgehead atoms. The molecule has 2 nitrogen and oxygen atoms in total. The second-order valence-electron chi connectivity index (χ2n) is 1.86. The van der Waals surface area contributed by atoms with Gasteiger partial charge in [0.25, 0.3) is 0 Å². The van der Waals surface area contributed by atoms with Crippen molar-refractivity contribution in [1.29, 1.82) is 0 Å². The van der Waals surface area contributed by atoms with E-state index in [1.165, 1.54) is 0 Å². The highest BCUT2D eigenvalue weighted by molar-refractivity contribution is 9.13. The van der Waals surface area contributed by atoms with Gasteiger partial charge in [-0.1, -0.05) is 0 Å². The summed E-state index contributed by atoms with van der Waals surface area (Å²) in [5, 5.41) is 0. The summed E-state index contributed by atoms with van der Waals surface area (Å²) in [6.45, 7) is 0. The highest BCUT2D eigenvalue weighted by Gasteiger charge is 2.02. The van der Waals surface area contributed by atoms with Gasteiger partial charge in [-0.15, -0.1) is 0 Å². The fraction of sp³-hybridized carbons (Fsp3) is 0. The van der Waals surface area contributed by atoms with Crippen molar-refractivity contribution in [2.75, 3.05) is 11.5 Å². The number of rotatable bonds is 0. The van der Waals surface area contributed by atoms with Crippen LogP contribution in [0.15, 0.2) is 21.1 Å². The quantitative estimate of drug-likeness (QED) is 0.708. The van der Waals surface area contributed by atoms with Crippen molar-refractivity contribution in [3.63, 3.8) is 0 Å². The molecule has 0 aliphatic heterocycles. The molecule has 0 spiro atoms. The van der Waals surface area contributed by atoms with Crippen molar-refractivity contribution in [3.05, 3.63) is 21.1 Å². The normalized spacial score (nSPS) is 9.80. The average Bonchev–Trinajstić information content (AvgIpc) is 1.93. The van der Waals surface area contributed by atoms with Gasteiger partial charge >= 0.3 is 0 Å². The molecule has 1 rings (SSSR count). The fourth-order valence-electron chi connectivity index (χ4n) is 0.581. The highest BCUT2D eigenvalue weighted by Crippen LogP contribution is 2.32. The Balaban J connectivity index is 3.34. The molecular weight excluding hydrogens is 260 g/mol. The third-order valence-corrected chi connectivity index (χ3v) is 3.21. The van der Waals surface area contributed by atoms with E-state index in [1.807, 2.05) is 6.07 Å². The Bertz CT molecular complexity index is 233. The predicted molar refractivity (Wildman–Crippen MR) is 50.7 cm³/mol. The summed E-state index contributed by atoms with van der Waals surface area (Å²) in [5.74, 6) is 0. The maximum absolute atomic E-state index is 5.58. The zero-order valence-corrected chi connectivity index (χ0v) is 8.24. The Hall–Kier alpha value is -0.220. The van der Waals surface area contributed by atoms with E-state index in [-0.39, 0.29) is 0 Å². The van der Waals surface area contributed by atoms with Crippen LogP contribution in [0.25, 0.3) is 0 Å². The number of nitrogens with two attached hydrogens (primary N) is 2. The summed E-state index contributed by atoms with van der Waals surface area (Å²) < 4.78 is 1.73. The van der Waals surface area contributed by atoms with Gasteiger partial charge in [0.2, 0.25) is 0 Å². The van der Waals surface area contributed by atoms with Crippen LogP contribution in [0.2, 0.25) is 0 Å². The summed E-state index contributed by atoms with van der Waals surface area (Å²) in [7, 11) is 0. The van der Waals surface area contributed by atoms with E-state index in [0.29, 0.717) is 11.4 Å². The summed E-state index contributed by atoms with van der Waals surface area (Å²) >= 11 is 6.58. The Morgan fingerprint density at radius 2 is 1.70 bits per heavy atom. The van der Waals surface area contributed by atoms with Crippen LogP contribution in [0, 0.1) is 0 Å². The highest BCUT2D eigenvalue weighted by atomic mass is 79.9. The van der Waals surface area contributed by atoms with Gasteiger partial charge in [-0.05, 0) is 44.0 Å².